The summed E-state index contributed by atoms with van der Waals surface area (Å²) in [6, 6.07) is 6.92. The Morgan fingerprint density at radius 3 is 1.55 bits per heavy atom. The molecule has 11 heteroatoms. The first kappa shape index (κ1) is 21.7. The third-order valence-electron chi connectivity index (χ3n) is 5.02. The summed E-state index contributed by atoms with van der Waals surface area (Å²) in [5.41, 5.74) is 12.1. The van der Waals surface area contributed by atoms with Gasteiger partial charge in [0.1, 0.15) is 17.4 Å². The van der Waals surface area contributed by atoms with E-state index in [1.165, 1.54) is 44.6 Å². The molecule has 0 fully saturated rings. The molecule has 164 valence electrons. The minimum absolute atomic E-state index is 0.0356. The Bertz CT molecular complexity index is 1160. The topological polar surface area (TPSA) is 150 Å². The van der Waals surface area contributed by atoms with Crippen LogP contribution in [0.3, 0.4) is 0 Å². The van der Waals surface area contributed by atoms with E-state index in [1.54, 1.807) is 24.3 Å². The normalized spacial score (nSPS) is 10.9. The summed E-state index contributed by atoms with van der Waals surface area (Å²) in [7, 11) is 7.28. The Balaban J connectivity index is 2.42. The van der Waals surface area contributed by atoms with Gasteiger partial charge in [0, 0.05) is 14.1 Å². The van der Waals surface area contributed by atoms with Gasteiger partial charge >= 0.3 is 12.0 Å². The van der Waals surface area contributed by atoms with Crippen molar-refractivity contribution in [2.75, 3.05) is 32.8 Å². The second-order valence-corrected chi connectivity index (χ2v) is 6.73. The third-order valence-corrected chi connectivity index (χ3v) is 5.02. The highest BCUT2D eigenvalue weighted by Crippen LogP contribution is 2.35. The maximum absolute atomic E-state index is 13.3. The van der Waals surface area contributed by atoms with Crippen molar-refractivity contribution in [3.8, 4) is 17.8 Å². The number of hydrogen-bond acceptors (Lipinski definition) is 9. The van der Waals surface area contributed by atoms with E-state index in [2.05, 4.69) is 9.97 Å². The maximum Gasteiger partial charge on any atom is 0.300 e. The Morgan fingerprint density at radius 2 is 1.19 bits per heavy atom. The zero-order valence-electron chi connectivity index (χ0n) is 17.9. The number of ether oxygens (including phenoxy) is 3. The van der Waals surface area contributed by atoms with Crippen LogP contribution in [0.4, 0.5) is 11.6 Å². The summed E-state index contributed by atoms with van der Waals surface area (Å²) in [5.74, 6) is -0.513. The highest BCUT2D eigenvalue weighted by atomic mass is 16.5. The maximum atomic E-state index is 13.3. The first-order chi connectivity index (χ1) is 14.7. The van der Waals surface area contributed by atoms with Crippen LogP contribution in [-0.4, -0.2) is 40.4 Å². The fourth-order valence-corrected chi connectivity index (χ4v) is 3.41. The van der Waals surface area contributed by atoms with Crippen LogP contribution in [0, 0.1) is 0 Å². The van der Waals surface area contributed by atoms with E-state index in [0.717, 1.165) is 0 Å². The highest BCUT2D eigenvalue weighted by molar-refractivity contribution is 5.57. The van der Waals surface area contributed by atoms with E-state index in [0.29, 0.717) is 11.3 Å². The molecule has 0 aliphatic heterocycles. The number of aromatic nitrogens is 4. The molecular formula is C20H24N6O5. The molecule has 3 rings (SSSR count). The number of nitrogens with zero attached hydrogens (tertiary/aromatic N) is 4. The summed E-state index contributed by atoms with van der Waals surface area (Å²) in [6.07, 6.45) is 0. The van der Waals surface area contributed by atoms with Crippen LogP contribution in [0.1, 0.15) is 22.6 Å². The monoisotopic (exact) mass is 428 g/mol. The first-order valence-corrected chi connectivity index (χ1v) is 9.19. The lowest BCUT2D eigenvalue weighted by Crippen LogP contribution is -2.33. The number of benzene rings is 1. The smallest absolute Gasteiger partial charge is 0.300 e. The zero-order valence-corrected chi connectivity index (χ0v) is 17.9. The van der Waals surface area contributed by atoms with Crippen molar-refractivity contribution >= 4 is 11.6 Å². The van der Waals surface area contributed by atoms with Crippen LogP contribution in [-0.2, 0) is 14.1 Å². The Labute approximate surface area is 177 Å². The number of rotatable bonds is 6. The summed E-state index contributed by atoms with van der Waals surface area (Å²) >= 11 is 0. The van der Waals surface area contributed by atoms with Crippen molar-refractivity contribution in [1.29, 1.82) is 0 Å². The zero-order chi connectivity index (χ0) is 22.9. The molecule has 1 aromatic carbocycles. The largest absolute Gasteiger partial charge is 0.497 e. The molecule has 3 aromatic rings. The Kier molecular flexibility index (Phi) is 5.86. The number of methoxy groups -OCH3 is 3. The molecule has 0 aliphatic carbocycles. The van der Waals surface area contributed by atoms with Gasteiger partial charge in [0.25, 0.3) is 11.1 Å². The van der Waals surface area contributed by atoms with E-state index < -0.39 is 17.0 Å². The fourth-order valence-electron chi connectivity index (χ4n) is 3.41. The number of nitrogen functional groups attached to an aromatic ring is 2. The van der Waals surface area contributed by atoms with Gasteiger partial charge in [-0.25, -0.2) is 0 Å². The van der Waals surface area contributed by atoms with Gasteiger partial charge in [-0.1, -0.05) is 12.1 Å². The van der Waals surface area contributed by atoms with Crippen molar-refractivity contribution in [3.63, 3.8) is 0 Å². The quantitative estimate of drug-likeness (QED) is 0.563. The van der Waals surface area contributed by atoms with Gasteiger partial charge in [-0.05, 0) is 17.7 Å². The fraction of sp³-hybridized carbons (Fsp3) is 0.300. The van der Waals surface area contributed by atoms with Gasteiger partial charge in [0.2, 0.25) is 0 Å². The van der Waals surface area contributed by atoms with E-state index in [4.69, 9.17) is 25.7 Å². The molecule has 0 atom stereocenters. The molecule has 2 heterocycles. The molecule has 2 aromatic heterocycles. The first-order valence-electron chi connectivity index (χ1n) is 9.19. The molecule has 31 heavy (non-hydrogen) atoms. The standard InChI is InChI=1S/C20H24N6O5/c1-25-17(27)13(15(21)23-19(25)30-4)12(10-6-8-11(29-3)9-7-10)14-16(22)24-20(31-5)26(2)18(14)28/h6-9,12H,21-22H2,1-5H3. The van der Waals surface area contributed by atoms with Gasteiger partial charge in [0.15, 0.2) is 0 Å². The van der Waals surface area contributed by atoms with Crippen molar-refractivity contribution < 1.29 is 14.2 Å². The molecule has 0 amide bonds. The van der Waals surface area contributed by atoms with Crippen molar-refractivity contribution in [2.24, 2.45) is 14.1 Å². The number of nitrogens with two attached hydrogens (primary N) is 2. The van der Waals surface area contributed by atoms with Crippen molar-refractivity contribution in [3.05, 3.63) is 61.7 Å². The van der Waals surface area contributed by atoms with Crippen LogP contribution < -0.4 is 36.8 Å². The van der Waals surface area contributed by atoms with E-state index in [1.807, 2.05) is 0 Å². The lowest BCUT2D eigenvalue weighted by atomic mass is 9.86. The van der Waals surface area contributed by atoms with Crippen LogP contribution in [0.5, 0.6) is 17.8 Å². The van der Waals surface area contributed by atoms with Gasteiger partial charge in [-0.15, -0.1) is 0 Å². The van der Waals surface area contributed by atoms with Crippen LogP contribution >= 0.6 is 0 Å². The second-order valence-electron chi connectivity index (χ2n) is 6.73. The summed E-state index contributed by atoms with van der Waals surface area (Å²) in [4.78, 5) is 34.9. The minimum atomic E-state index is -0.944. The number of hydrogen-bond donors (Lipinski definition) is 2. The number of anilines is 2. The molecular weight excluding hydrogens is 404 g/mol. The molecule has 0 radical (unpaired) electrons. The highest BCUT2D eigenvalue weighted by Gasteiger charge is 2.31. The van der Waals surface area contributed by atoms with Gasteiger partial charge in [0.05, 0.1) is 38.4 Å². The summed E-state index contributed by atoms with van der Waals surface area (Å²) < 4.78 is 17.9. The van der Waals surface area contributed by atoms with Crippen molar-refractivity contribution in [2.45, 2.75) is 5.92 Å². The van der Waals surface area contributed by atoms with Gasteiger partial charge in [-0.3, -0.25) is 18.7 Å². The van der Waals surface area contributed by atoms with E-state index >= 15 is 0 Å². The molecule has 0 saturated carbocycles. The van der Waals surface area contributed by atoms with E-state index in [-0.39, 0.29) is 34.8 Å². The molecule has 0 spiro atoms. The Hall–Kier alpha value is -4.02. The lowest BCUT2D eigenvalue weighted by Gasteiger charge is -2.22. The summed E-state index contributed by atoms with van der Waals surface area (Å²) in [6.45, 7) is 0. The minimum Gasteiger partial charge on any atom is -0.497 e. The van der Waals surface area contributed by atoms with Crippen molar-refractivity contribution in [1.82, 2.24) is 19.1 Å². The molecule has 0 aliphatic rings. The summed E-state index contributed by atoms with van der Waals surface area (Å²) in [5, 5.41) is 0. The average Bonchev–Trinajstić information content (AvgIpc) is 2.77. The SMILES string of the molecule is COc1ccc(C(c2c(N)nc(OC)n(C)c2=O)c2c(N)nc(OC)n(C)c2=O)cc1. The molecule has 0 unspecified atom stereocenters. The van der Waals surface area contributed by atoms with E-state index in [9.17, 15) is 9.59 Å². The van der Waals surface area contributed by atoms with Gasteiger partial charge < -0.3 is 25.7 Å². The van der Waals surface area contributed by atoms with Crippen LogP contribution in [0.15, 0.2) is 33.9 Å². The van der Waals surface area contributed by atoms with Crippen LogP contribution in [0.2, 0.25) is 0 Å². The second kappa shape index (κ2) is 8.38. The molecule has 0 bridgehead atoms. The predicted molar refractivity (Wildman–Crippen MR) is 115 cm³/mol. The van der Waals surface area contributed by atoms with Crippen LogP contribution in [0.25, 0.3) is 0 Å². The average molecular weight is 428 g/mol. The molecule has 0 saturated heterocycles. The van der Waals surface area contributed by atoms with Gasteiger partial charge in [-0.2, -0.15) is 9.97 Å². The molecule has 11 nitrogen and oxygen atoms in total. The predicted octanol–water partition coefficient (Wildman–Crippen LogP) is 0.244. The Morgan fingerprint density at radius 1 is 0.774 bits per heavy atom. The molecule has 4 N–H and O–H groups in total. The third kappa shape index (κ3) is 3.65. The lowest BCUT2D eigenvalue weighted by molar-refractivity contribution is 0.355.